The maximum absolute atomic E-state index is 12.6. The SMILES string of the molecule is O=C1NC(c2ccccc2)=C(Sc2ccccc2)CC(Sc2ccccc2)N1. The lowest BCUT2D eigenvalue weighted by molar-refractivity contribution is 0.244. The van der Waals surface area contributed by atoms with Gasteiger partial charge in [0.2, 0.25) is 0 Å². The van der Waals surface area contributed by atoms with Crippen LogP contribution >= 0.6 is 23.5 Å². The van der Waals surface area contributed by atoms with E-state index in [0.717, 1.165) is 32.4 Å². The summed E-state index contributed by atoms with van der Waals surface area (Å²) in [5, 5.41) is 6.13. The van der Waals surface area contributed by atoms with E-state index in [2.05, 4.69) is 34.9 Å². The van der Waals surface area contributed by atoms with Gasteiger partial charge in [-0.05, 0) is 29.8 Å². The van der Waals surface area contributed by atoms with E-state index in [9.17, 15) is 4.79 Å². The van der Waals surface area contributed by atoms with Crippen molar-refractivity contribution >= 4 is 35.3 Å². The molecule has 3 aromatic rings. The molecule has 1 unspecified atom stereocenters. The Morgan fingerprint density at radius 3 is 1.96 bits per heavy atom. The fourth-order valence-electron chi connectivity index (χ4n) is 2.98. The van der Waals surface area contributed by atoms with Crippen molar-refractivity contribution < 1.29 is 4.79 Å². The Labute approximate surface area is 173 Å². The summed E-state index contributed by atoms with van der Waals surface area (Å²) in [5.41, 5.74) is 1.89. The summed E-state index contributed by atoms with van der Waals surface area (Å²) in [6.45, 7) is 0. The van der Waals surface area contributed by atoms with Gasteiger partial charge in [0.05, 0.1) is 11.1 Å². The maximum Gasteiger partial charge on any atom is 0.320 e. The molecule has 1 atom stereocenters. The molecule has 28 heavy (non-hydrogen) atoms. The van der Waals surface area contributed by atoms with Crippen molar-refractivity contribution in [3.63, 3.8) is 0 Å². The van der Waals surface area contributed by atoms with E-state index in [0.29, 0.717) is 0 Å². The topological polar surface area (TPSA) is 41.1 Å². The van der Waals surface area contributed by atoms with Crippen LogP contribution in [0.2, 0.25) is 0 Å². The van der Waals surface area contributed by atoms with E-state index >= 15 is 0 Å². The number of carbonyl (C=O) groups is 1. The van der Waals surface area contributed by atoms with Gasteiger partial charge in [-0.15, -0.1) is 11.8 Å². The predicted molar refractivity (Wildman–Crippen MR) is 118 cm³/mol. The smallest absolute Gasteiger partial charge is 0.320 e. The first-order chi connectivity index (χ1) is 13.8. The molecule has 4 rings (SSSR count). The first-order valence-electron chi connectivity index (χ1n) is 9.08. The number of amides is 2. The summed E-state index contributed by atoms with van der Waals surface area (Å²) in [6.07, 6.45) is 0.738. The first kappa shape index (κ1) is 18.7. The number of benzene rings is 3. The number of nitrogens with one attached hydrogen (secondary N) is 2. The quantitative estimate of drug-likeness (QED) is 0.550. The molecule has 1 heterocycles. The average Bonchev–Trinajstić information content (AvgIpc) is 2.88. The van der Waals surface area contributed by atoms with Gasteiger partial charge in [-0.2, -0.15) is 0 Å². The van der Waals surface area contributed by atoms with E-state index in [1.165, 1.54) is 0 Å². The Morgan fingerprint density at radius 1 is 0.750 bits per heavy atom. The summed E-state index contributed by atoms with van der Waals surface area (Å²) in [4.78, 5) is 16.0. The molecule has 1 aliphatic heterocycles. The van der Waals surface area contributed by atoms with Crippen molar-refractivity contribution in [3.8, 4) is 0 Å². The third kappa shape index (κ3) is 4.80. The summed E-state index contributed by atoms with van der Waals surface area (Å²) < 4.78 is 0. The summed E-state index contributed by atoms with van der Waals surface area (Å²) in [5.74, 6) is 0. The number of thioether (sulfide) groups is 2. The highest BCUT2D eigenvalue weighted by molar-refractivity contribution is 8.03. The van der Waals surface area contributed by atoms with Crippen molar-refractivity contribution in [2.75, 3.05) is 0 Å². The number of hydrogen-bond acceptors (Lipinski definition) is 3. The van der Waals surface area contributed by atoms with Gasteiger partial charge in [0.1, 0.15) is 0 Å². The van der Waals surface area contributed by atoms with Crippen molar-refractivity contribution in [2.24, 2.45) is 0 Å². The third-order valence-corrected chi connectivity index (χ3v) is 6.49. The van der Waals surface area contributed by atoms with Gasteiger partial charge >= 0.3 is 6.03 Å². The summed E-state index contributed by atoms with van der Waals surface area (Å²) in [6, 6.07) is 30.3. The molecule has 0 aliphatic carbocycles. The lowest BCUT2D eigenvalue weighted by Crippen LogP contribution is -2.37. The lowest BCUT2D eigenvalue weighted by atomic mass is 10.1. The molecule has 0 radical (unpaired) electrons. The zero-order valence-corrected chi connectivity index (χ0v) is 16.8. The Morgan fingerprint density at radius 2 is 1.32 bits per heavy atom. The van der Waals surface area contributed by atoms with Gasteiger partial charge in [0.25, 0.3) is 0 Å². The second-order valence-corrected chi connectivity index (χ2v) is 8.75. The van der Waals surface area contributed by atoms with Crippen LogP contribution in [0.15, 0.2) is 106 Å². The Bertz CT molecular complexity index is 960. The van der Waals surface area contributed by atoms with Crippen molar-refractivity contribution in [2.45, 2.75) is 21.6 Å². The minimum atomic E-state index is -0.170. The Balaban J connectivity index is 1.69. The zero-order chi connectivity index (χ0) is 19.2. The fourth-order valence-corrected chi connectivity index (χ4v) is 5.25. The van der Waals surface area contributed by atoms with Gasteiger partial charge in [0, 0.05) is 21.1 Å². The van der Waals surface area contributed by atoms with Crippen LogP contribution in [0.5, 0.6) is 0 Å². The fraction of sp³-hybridized carbons (Fsp3) is 0.0870. The van der Waals surface area contributed by atoms with Crippen LogP contribution in [-0.2, 0) is 0 Å². The monoisotopic (exact) mass is 404 g/mol. The van der Waals surface area contributed by atoms with Crippen LogP contribution in [0.4, 0.5) is 4.79 Å². The average molecular weight is 405 g/mol. The molecule has 0 spiro atoms. The molecule has 3 aromatic carbocycles. The molecule has 5 heteroatoms. The van der Waals surface area contributed by atoms with E-state index in [-0.39, 0.29) is 11.4 Å². The van der Waals surface area contributed by atoms with E-state index < -0.39 is 0 Å². The highest BCUT2D eigenvalue weighted by atomic mass is 32.2. The summed E-state index contributed by atoms with van der Waals surface area (Å²) >= 11 is 3.38. The molecule has 2 amide bonds. The first-order valence-corrected chi connectivity index (χ1v) is 10.8. The van der Waals surface area contributed by atoms with Gasteiger partial charge < -0.3 is 10.6 Å². The standard InChI is InChI=1S/C23H20N2OS2/c26-23-24-21(28-19-14-8-3-9-15-19)16-20(27-18-12-6-2-7-13-18)22(25-23)17-10-4-1-5-11-17/h1-15,21H,16H2,(H2,24,25,26). The third-order valence-electron chi connectivity index (χ3n) is 4.25. The van der Waals surface area contributed by atoms with E-state index in [1.54, 1.807) is 23.5 Å². The number of urea groups is 1. The maximum atomic E-state index is 12.6. The molecular weight excluding hydrogens is 384 g/mol. The molecular formula is C23H20N2OS2. The van der Waals surface area contributed by atoms with Crippen molar-refractivity contribution in [1.82, 2.24) is 10.6 Å². The minimum Gasteiger partial charge on any atom is -0.325 e. The molecule has 1 aliphatic rings. The molecule has 0 saturated carbocycles. The van der Waals surface area contributed by atoms with Crippen molar-refractivity contribution in [1.29, 1.82) is 0 Å². The molecule has 0 fully saturated rings. The predicted octanol–water partition coefficient (Wildman–Crippen LogP) is 5.97. The van der Waals surface area contributed by atoms with Gasteiger partial charge in [-0.25, -0.2) is 4.79 Å². The second-order valence-electron chi connectivity index (χ2n) is 6.30. The Kier molecular flexibility index (Phi) is 6.04. The molecule has 2 N–H and O–H groups in total. The molecule has 0 saturated heterocycles. The van der Waals surface area contributed by atoms with E-state index in [1.807, 2.05) is 66.7 Å². The molecule has 0 bridgehead atoms. The van der Waals surface area contributed by atoms with Crippen LogP contribution in [0.1, 0.15) is 12.0 Å². The van der Waals surface area contributed by atoms with Crippen LogP contribution < -0.4 is 10.6 Å². The second kappa shape index (κ2) is 9.04. The van der Waals surface area contributed by atoms with Crippen LogP contribution in [0.25, 0.3) is 5.70 Å². The highest BCUT2D eigenvalue weighted by Gasteiger charge is 2.25. The number of carbonyl (C=O) groups excluding carboxylic acids is 1. The molecule has 3 nitrogen and oxygen atoms in total. The van der Waals surface area contributed by atoms with Crippen LogP contribution in [0.3, 0.4) is 0 Å². The largest absolute Gasteiger partial charge is 0.325 e. The van der Waals surface area contributed by atoms with Crippen LogP contribution in [-0.4, -0.2) is 11.4 Å². The molecule has 140 valence electrons. The zero-order valence-electron chi connectivity index (χ0n) is 15.2. The van der Waals surface area contributed by atoms with Gasteiger partial charge in [0.15, 0.2) is 0 Å². The Hall–Kier alpha value is -2.63. The highest BCUT2D eigenvalue weighted by Crippen LogP contribution is 2.38. The number of hydrogen-bond donors (Lipinski definition) is 2. The lowest BCUT2D eigenvalue weighted by Gasteiger charge is -2.16. The van der Waals surface area contributed by atoms with Gasteiger partial charge in [-0.1, -0.05) is 78.5 Å². The molecule has 0 aromatic heterocycles. The number of rotatable bonds is 5. The normalized spacial score (nSPS) is 16.9. The van der Waals surface area contributed by atoms with Crippen LogP contribution in [0, 0.1) is 0 Å². The van der Waals surface area contributed by atoms with E-state index in [4.69, 9.17) is 0 Å². The summed E-state index contributed by atoms with van der Waals surface area (Å²) in [7, 11) is 0. The van der Waals surface area contributed by atoms with Gasteiger partial charge in [-0.3, -0.25) is 0 Å². The minimum absolute atomic E-state index is 0.0465. The van der Waals surface area contributed by atoms with Crippen molar-refractivity contribution in [3.05, 3.63) is 101 Å².